The van der Waals surface area contributed by atoms with Crippen LogP contribution in [0.5, 0.6) is 0 Å². The summed E-state index contributed by atoms with van der Waals surface area (Å²) in [7, 11) is 2.15. The van der Waals surface area contributed by atoms with E-state index in [1.54, 1.807) is 0 Å². The Morgan fingerprint density at radius 1 is 1.58 bits per heavy atom. The summed E-state index contributed by atoms with van der Waals surface area (Å²) >= 11 is 0. The number of rotatable bonds is 3. The number of aliphatic hydroxyl groups excluding tert-OH is 1. The molecule has 0 radical (unpaired) electrons. The Morgan fingerprint density at radius 3 is 2.75 bits per heavy atom. The maximum Gasteiger partial charge on any atom is 0.0613 e. The van der Waals surface area contributed by atoms with Gasteiger partial charge in [0.1, 0.15) is 0 Å². The van der Waals surface area contributed by atoms with Gasteiger partial charge < -0.3 is 15.3 Å². The number of likely N-dealkylation sites (N-methyl/N-ethyl adjacent to an activating group) is 1. The highest BCUT2D eigenvalue weighted by Gasteiger charge is 2.43. The van der Waals surface area contributed by atoms with Crippen molar-refractivity contribution in [1.82, 2.24) is 10.2 Å². The first kappa shape index (κ1) is 8.48. The fourth-order valence-corrected chi connectivity index (χ4v) is 1.98. The Bertz CT molecular complexity index is 168. The van der Waals surface area contributed by atoms with E-state index < -0.39 is 0 Å². The molecule has 0 aromatic rings. The molecule has 70 valence electrons. The van der Waals surface area contributed by atoms with Crippen LogP contribution < -0.4 is 5.32 Å². The molecule has 3 heteroatoms. The van der Waals surface area contributed by atoms with Gasteiger partial charge in [0.15, 0.2) is 0 Å². The van der Waals surface area contributed by atoms with Crippen LogP contribution in [-0.2, 0) is 0 Å². The summed E-state index contributed by atoms with van der Waals surface area (Å²) in [4.78, 5) is 2.34. The smallest absolute Gasteiger partial charge is 0.0613 e. The summed E-state index contributed by atoms with van der Waals surface area (Å²) < 4.78 is 0. The average molecular weight is 170 g/mol. The molecule has 0 aromatic carbocycles. The zero-order valence-corrected chi connectivity index (χ0v) is 7.71. The van der Waals surface area contributed by atoms with Crippen LogP contribution in [0.3, 0.4) is 0 Å². The topological polar surface area (TPSA) is 35.5 Å². The zero-order chi connectivity index (χ0) is 8.60. The van der Waals surface area contributed by atoms with Crippen LogP contribution in [-0.4, -0.2) is 48.3 Å². The molecule has 2 aliphatic rings. The van der Waals surface area contributed by atoms with Crippen molar-refractivity contribution >= 4 is 0 Å². The normalized spacial score (nSPS) is 34.0. The predicted octanol–water partition coefficient (Wildman–Crippen LogP) is -0.195. The minimum atomic E-state index is 0.121. The van der Waals surface area contributed by atoms with E-state index in [0.717, 1.165) is 19.4 Å². The van der Waals surface area contributed by atoms with Crippen LogP contribution in [0.15, 0.2) is 0 Å². The van der Waals surface area contributed by atoms with Crippen LogP contribution in [0.4, 0.5) is 0 Å². The minimum absolute atomic E-state index is 0.121. The third kappa shape index (κ3) is 1.63. The van der Waals surface area contributed by atoms with Gasteiger partial charge in [0.05, 0.1) is 6.61 Å². The predicted molar refractivity (Wildman–Crippen MR) is 48.1 cm³/mol. The number of hydrogen-bond donors (Lipinski definition) is 2. The molecule has 1 aliphatic carbocycles. The lowest BCUT2D eigenvalue weighted by Crippen LogP contribution is -2.43. The Hall–Kier alpha value is -0.120. The molecule has 1 atom stereocenters. The van der Waals surface area contributed by atoms with Gasteiger partial charge in [0, 0.05) is 18.1 Å². The van der Waals surface area contributed by atoms with Crippen LogP contribution in [0.2, 0.25) is 0 Å². The SMILES string of the molecule is CN1CCC(NC2(CO)CC2)C1. The quantitative estimate of drug-likeness (QED) is 0.616. The molecular formula is C9H18N2O. The van der Waals surface area contributed by atoms with E-state index >= 15 is 0 Å². The van der Waals surface area contributed by atoms with E-state index in [9.17, 15) is 0 Å². The molecular weight excluding hydrogens is 152 g/mol. The molecule has 1 heterocycles. The Balaban J connectivity index is 1.80. The number of nitrogens with zero attached hydrogens (tertiary/aromatic N) is 1. The van der Waals surface area contributed by atoms with Crippen LogP contribution >= 0.6 is 0 Å². The van der Waals surface area contributed by atoms with Crippen molar-refractivity contribution < 1.29 is 5.11 Å². The third-order valence-corrected chi connectivity index (χ3v) is 3.06. The number of hydrogen-bond acceptors (Lipinski definition) is 3. The Morgan fingerprint density at radius 2 is 2.33 bits per heavy atom. The molecule has 2 N–H and O–H groups in total. The molecule has 0 bridgehead atoms. The largest absolute Gasteiger partial charge is 0.394 e. The van der Waals surface area contributed by atoms with Gasteiger partial charge in [-0.2, -0.15) is 0 Å². The van der Waals surface area contributed by atoms with Crippen molar-refractivity contribution in [3.05, 3.63) is 0 Å². The number of likely N-dealkylation sites (tertiary alicyclic amines) is 1. The molecule has 1 saturated carbocycles. The van der Waals surface area contributed by atoms with E-state index in [1.807, 2.05) is 0 Å². The first-order chi connectivity index (χ1) is 5.74. The van der Waals surface area contributed by atoms with Crippen molar-refractivity contribution in [3.63, 3.8) is 0 Å². The molecule has 0 aromatic heterocycles. The highest BCUT2D eigenvalue weighted by molar-refractivity contribution is 5.04. The lowest BCUT2D eigenvalue weighted by molar-refractivity contribution is 0.218. The highest BCUT2D eigenvalue weighted by atomic mass is 16.3. The summed E-state index contributed by atoms with van der Waals surface area (Å²) in [6, 6.07) is 0.615. The second-order valence-corrected chi connectivity index (χ2v) is 4.33. The Kier molecular flexibility index (Phi) is 2.10. The van der Waals surface area contributed by atoms with Gasteiger partial charge in [0.25, 0.3) is 0 Å². The van der Waals surface area contributed by atoms with Crippen molar-refractivity contribution in [2.24, 2.45) is 0 Å². The fraction of sp³-hybridized carbons (Fsp3) is 1.00. The van der Waals surface area contributed by atoms with Crippen molar-refractivity contribution in [1.29, 1.82) is 0 Å². The summed E-state index contributed by atoms with van der Waals surface area (Å²) in [6.07, 6.45) is 3.55. The van der Waals surface area contributed by atoms with Crippen molar-refractivity contribution in [2.75, 3.05) is 26.7 Å². The molecule has 3 nitrogen and oxygen atoms in total. The molecule has 2 rings (SSSR count). The van der Waals surface area contributed by atoms with E-state index in [4.69, 9.17) is 5.11 Å². The standard InChI is InChI=1S/C9H18N2O/c1-11-5-2-8(6-11)10-9(7-12)3-4-9/h8,10,12H,2-7H2,1H3. The molecule has 1 saturated heterocycles. The number of aliphatic hydroxyl groups is 1. The molecule has 0 spiro atoms. The van der Waals surface area contributed by atoms with Gasteiger partial charge >= 0.3 is 0 Å². The molecule has 12 heavy (non-hydrogen) atoms. The Labute approximate surface area is 73.8 Å². The molecule has 2 fully saturated rings. The summed E-state index contributed by atoms with van der Waals surface area (Å²) in [5.74, 6) is 0. The lowest BCUT2D eigenvalue weighted by atomic mass is 10.2. The van der Waals surface area contributed by atoms with Crippen LogP contribution in [0, 0.1) is 0 Å². The third-order valence-electron chi connectivity index (χ3n) is 3.06. The average Bonchev–Trinajstić information content (AvgIpc) is 2.71. The summed E-state index contributed by atoms with van der Waals surface area (Å²) in [6.45, 7) is 2.65. The fourth-order valence-electron chi connectivity index (χ4n) is 1.98. The monoisotopic (exact) mass is 170 g/mol. The number of nitrogens with one attached hydrogen (secondary N) is 1. The second kappa shape index (κ2) is 2.98. The first-order valence-electron chi connectivity index (χ1n) is 4.81. The van der Waals surface area contributed by atoms with Crippen molar-refractivity contribution in [3.8, 4) is 0 Å². The zero-order valence-electron chi connectivity index (χ0n) is 7.71. The molecule has 1 aliphatic heterocycles. The highest BCUT2D eigenvalue weighted by Crippen LogP contribution is 2.35. The van der Waals surface area contributed by atoms with Gasteiger partial charge in [-0.15, -0.1) is 0 Å². The maximum absolute atomic E-state index is 9.11. The molecule has 1 unspecified atom stereocenters. The van der Waals surface area contributed by atoms with Gasteiger partial charge in [0.2, 0.25) is 0 Å². The second-order valence-electron chi connectivity index (χ2n) is 4.33. The van der Waals surface area contributed by atoms with Gasteiger partial charge in [-0.05, 0) is 32.9 Å². The summed E-state index contributed by atoms with van der Waals surface area (Å²) in [5.41, 5.74) is 0.121. The molecule has 0 amide bonds. The first-order valence-corrected chi connectivity index (χ1v) is 4.81. The minimum Gasteiger partial charge on any atom is -0.394 e. The van der Waals surface area contributed by atoms with Crippen LogP contribution in [0.1, 0.15) is 19.3 Å². The van der Waals surface area contributed by atoms with Gasteiger partial charge in [-0.3, -0.25) is 0 Å². The van der Waals surface area contributed by atoms with Gasteiger partial charge in [-0.1, -0.05) is 0 Å². The summed E-state index contributed by atoms with van der Waals surface area (Å²) in [5, 5.41) is 12.7. The van der Waals surface area contributed by atoms with E-state index in [2.05, 4.69) is 17.3 Å². The van der Waals surface area contributed by atoms with E-state index in [1.165, 1.54) is 13.0 Å². The maximum atomic E-state index is 9.11. The van der Waals surface area contributed by atoms with Gasteiger partial charge in [-0.25, -0.2) is 0 Å². The van der Waals surface area contributed by atoms with E-state index in [-0.39, 0.29) is 5.54 Å². The van der Waals surface area contributed by atoms with E-state index in [0.29, 0.717) is 12.6 Å². The lowest BCUT2D eigenvalue weighted by Gasteiger charge is -2.20. The van der Waals surface area contributed by atoms with Crippen LogP contribution in [0.25, 0.3) is 0 Å². The van der Waals surface area contributed by atoms with Crippen molar-refractivity contribution in [2.45, 2.75) is 30.8 Å².